The molecule has 118 valence electrons. The van der Waals surface area contributed by atoms with Crippen molar-refractivity contribution in [2.45, 2.75) is 52.6 Å². The second-order valence-corrected chi connectivity index (χ2v) is 6.87. The van der Waals surface area contributed by atoms with Crippen molar-refractivity contribution in [3.63, 3.8) is 0 Å². The van der Waals surface area contributed by atoms with Crippen LogP contribution >= 0.6 is 0 Å². The maximum atomic E-state index is 11.5. The molecule has 0 aliphatic heterocycles. The first kappa shape index (κ1) is 17.2. The van der Waals surface area contributed by atoms with Crippen LogP contribution in [0.3, 0.4) is 0 Å². The summed E-state index contributed by atoms with van der Waals surface area (Å²) in [7, 11) is 0. The van der Waals surface area contributed by atoms with Gasteiger partial charge in [-0.1, -0.05) is 20.8 Å². The van der Waals surface area contributed by atoms with Crippen molar-refractivity contribution in [1.29, 1.82) is 0 Å². The molecule has 1 amide bonds. The number of hydrogen-bond donors (Lipinski definition) is 2. The Bertz CT molecular complexity index is 475. The Morgan fingerprint density at radius 1 is 1.19 bits per heavy atom. The molecule has 0 saturated heterocycles. The monoisotopic (exact) mass is 294 g/mol. The van der Waals surface area contributed by atoms with Crippen LogP contribution in [0.5, 0.6) is 0 Å². The molecule has 21 heavy (non-hydrogen) atoms. The lowest BCUT2D eigenvalue weighted by Gasteiger charge is -2.20. The Balaban J connectivity index is 2.38. The zero-order valence-corrected chi connectivity index (χ0v) is 13.8. The minimum atomic E-state index is -0.484. The van der Waals surface area contributed by atoms with Crippen molar-refractivity contribution in [1.82, 2.24) is 15.3 Å². The van der Waals surface area contributed by atoms with Crippen molar-refractivity contribution in [2.24, 2.45) is 0 Å². The third-order valence-electron chi connectivity index (χ3n) is 2.50. The molecule has 6 nitrogen and oxygen atoms in total. The van der Waals surface area contributed by atoms with Crippen LogP contribution in [0.15, 0.2) is 12.3 Å². The summed E-state index contributed by atoms with van der Waals surface area (Å²) < 4.78 is 5.14. The Hall–Kier alpha value is -1.85. The smallest absolute Gasteiger partial charge is 0.407 e. The lowest BCUT2D eigenvalue weighted by Crippen LogP contribution is -2.35. The van der Waals surface area contributed by atoms with Gasteiger partial charge in [-0.2, -0.15) is 0 Å². The summed E-state index contributed by atoms with van der Waals surface area (Å²) >= 11 is 0. The van der Waals surface area contributed by atoms with Gasteiger partial charge in [-0.25, -0.2) is 14.8 Å². The fraction of sp³-hybridized carbons (Fsp3) is 0.667. The van der Waals surface area contributed by atoms with E-state index in [1.807, 2.05) is 26.8 Å². The molecule has 0 saturated carbocycles. The summed E-state index contributed by atoms with van der Waals surface area (Å²) in [4.78, 5) is 20.1. The van der Waals surface area contributed by atoms with Gasteiger partial charge in [0.1, 0.15) is 5.60 Å². The average Bonchev–Trinajstić information content (AvgIpc) is 2.32. The van der Waals surface area contributed by atoms with Gasteiger partial charge in [-0.15, -0.1) is 0 Å². The largest absolute Gasteiger partial charge is 0.444 e. The molecule has 0 radical (unpaired) electrons. The number of ether oxygens (including phenoxy) is 1. The summed E-state index contributed by atoms with van der Waals surface area (Å²) in [5, 5.41) is 5.76. The van der Waals surface area contributed by atoms with Crippen LogP contribution in [0.4, 0.5) is 10.7 Å². The Morgan fingerprint density at radius 3 is 2.43 bits per heavy atom. The fourth-order valence-electron chi connectivity index (χ4n) is 1.51. The minimum absolute atomic E-state index is 0.0197. The third-order valence-corrected chi connectivity index (χ3v) is 2.50. The highest BCUT2D eigenvalue weighted by Crippen LogP contribution is 2.19. The maximum absolute atomic E-state index is 11.5. The molecule has 1 aromatic rings. The molecule has 1 aromatic heterocycles. The van der Waals surface area contributed by atoms with Gasteiger partial charge in [-0.05, 0) is 26.8 Å². The minimum Gasteiger partial charge on any atom is -0.444 e. The molecule has 0 aromatic carbocycles. The van der Waals surface area contributed by atoms with Crippen molar-refractivity contribution in [3.8, 4) is 0 Å². The highest BCUT2D eigenvalue weighted by molar-refractivity contribution is 5.67. The molecule has 0 atom stereocenters. The predicted octanol–water partition coefficient (Wildman–Crippen LogP) is 2.71. The molecule has 0 spiro atoms. The number of anilines is 1. The third kappa shape index (κ3) is 6.92. The lowest BCUT2D eigenvalue weighted by atomic mass is 9.92. The van der Waals surface area contributed by atoms with Crippen molar-refractivity contribution < 1.29 is 9.53 Å². The maximum Gasteiger partial charge on any atom is 0.407 e. The van der Waals surface area contributed by atoms with E-state index in [1.165, 1.54) is 0 Å². The molecular weight excluding hydrogens is 268 g/mol. The second-order valence-electron chi connectivity index (χ2n) is 6.87. The van der Waals surface area contributed by atoms with E-state index in [2.05, 4.69) is 41.4 Å². The number of carbonyl (C=O) groups is 1. The standard InChI is InChI=1S/C15H26N4O2/c1-14(2,3)11-7-8-16-12(19-11)17-9-10-18-13(20)21-15(4,5)6/h7-8H,9-10H2,1-6H3,(H,18,20)(H,16,17,19). The molecule has 0 unspecified atom stereocenters. The van der Waals surface area contributed by atoms with Gasteiger partial charge in [0.2, 0.25) is 5.95 Å². The molecule has 0 bridgehead atoms. The highest BCUT2D eigenvalue weighted by Gasteiger charge is 2.16. The Kier molecular flexibility index (Phi) is 5.52. The number of amides is 1. The van der Waals surface area contributed by atoms with E-state index in [9.17, 15) is 4.79 Å². The van der Waals surface area contributed by atoms with Gasteiger partial charge in [0, 0.05) is 24.7 Å². The zero-order chi connectivity index (χ0) is 16.1. The number of alkyl carbamates (subject to hydrolysis) is 1. The van der Waals surface area contributed by atoms with E-state index in [-0.39, 0.29) is 5.41 Å². The summed E-state index contributed by atoms with van der Waals surface area (Å²) in [5.74, 6) is 0.563. The summed E-state index contributed by atoms with van der Waals surface area (Å²) in [6.07, 6.45) is 1.31. The number of nitrogens with zero attached hydrogens (tertiary/aromatic N) is 2. The van der Waals surface area contributed by atoms with E-state index in [0.717, 1.165) is 5.69 Å². The van der Waals surface area contributed by atoms with E-state index in [1.54, 1.807) is 6.20 Å². The first-order valence-corrected chi connectivity index (χ1v) is 7.12. The summed E-state index contributed by atoms with van der Waals surface area (Å²) in [6, 6.07) is 1.91. The van der Waals surface area contributed by atoms with E-state index in [0.29, 0.717) is 19.0 Å². The second kappa shape index (κ2) is 6.74. The molecule has 2 N–H and O–H groups in total. The van der Waals surface area contributed by atoms with Crippen molar-refractivity contribution in [2.75, 3.05) is 18.4 Å². The molecule has 6 heteroatoms. The molecule has 0 aliphatic carbocycles. The number of carbonyl (C=O) groups excluding carboxylic acids is 1. The van der Waals surface area contributed by atoms with Crippen LogP contribution in [0.1, 0.15) is 47.2 Å². The quantitative estimate of drug-likeness (QED) is 0.835. The Labute approximate surface area is 126 Å². The van der Waals surface area contributed by atoms with E-state index >= 15 is 0 Å². The number of rotatable bonds is 4. The van der Waals surface area contributed by atoms with Crippen molar-refractivity contribution >= 4 is 12.0 Å². The normalized spacial score (nSPS) is 11.9. The fourth-order valence-corrected chi connectivity index (χ4v) is 1.51. The van der Waals surface area contributed by atoms with E-state index < -0.39 is 11.7 Å². The van der Waals surface area contributed by atoms with Crippen molar-refractivity contribution in [3.05, 3.63) is 18.0 Å². The highest BCUT2D eigenvalue weighted by atomic mass is 16.6. The molecular formula is C15H26N4O2. The Morgan fingerprint density at radius 2 is 1.86 bits per heavy atom. The van der Waals surface area contributed by atoms with E-state index in [4.69, 9.17) is 4.74 Å². The van der Waals surface area contributed by atoms with Crippen LogP contribution < -0.4 is 10.6 Å². The average molecular weight is 294 g/mol. The van der Waals surface area contributed by atoms with Gasteiger partial charge < -0.3 is 15.4 Å². The summed E-state index contributed by atoms with van der Waals surface area (Å²) in [6.45, 7) is 12.8. The molecule has 1 heterocycles. The van der Waals surface area contributed by atoms with Gasteiger partial charge in [0.25, 0.3) is 0 Å². The summed E-state index contributed by atoms with van der Waals surface area (Å²) in [5.41, 5.74) is 0.468. The van der Waals surface area contributed by atoms with Gasteiger partial charge in [0.05, 0.1) is 5.69 Å². The first-order chi connectivity index (χ1) is 9.58. The SMILES string of the molecule is CC(C)(C)OC(=O)NCCNc1nccc(C(C)(C)C)n1. The molecule has 0 aliphatic rings. The van der Waals surface area contributed by atoms with Gasteiger partial charge in [-0.3, -0.25) is 0 Å². The zero-order valence-electron chi connectivity index (χ0n) is 13.8. The number of hydrogen-bond acceptors (Lipinski definition) is 5. The topological polar surface area (TPSA) is 76.1 Å². The van der Waals surface area contributed by atoms with Crippen LogP contribution in [-0.2, 0) is 10.2 Å². The van der Waals surface area contributed by atoms with Crippen LogP contribution in [-0.4, -0.2) is 34.8 Å². The number of aromatic nitrogens is 2. The van der Waals surface area contributed by atoms with Gasteiger partial charge in [0.15, 0.2) is 0 Å². The van der Waals surface area contributed by atoms with Crippen LogP contribution in [0, 0.1) is 0 Å². The van der Waals surface area contributed by atoms with Gasteiger partial charge >= 0.3 is 6.09 Å². The first-order valence-electron chi connectivity index (χ1n) is 7.12. The number of nitrogens with one attached hydrogen (secondary N) is 2. The molecule has 0 fully saturated rings. The lowest BCUT2D eigenvalue weighted by molar-refractivity contribution is 0.0530. The predicted molar refractivity (Wildman–Crippen MR) is 83.5 cm³/mol. The van der Waals surface area contributed by atoms with Crippen LogP contribution in [0.2, 0.25) is 0 Å². The van der Waals surface area contributed by atoms with Crippen LogP contribution in [0.25, 0.3) is 0 Å². The molecule has 1 rings (SSSR count).